The van der Waals surface area contributed by atoms with Crippen LogP contribution in [0.4, 0.5) is 4.79 Å². The zero-order valence-corrected chi connectivity index (χ0v) is 9.85. The average molecular weight is 257 g/mol. The molecule has 2 amide bonds. The summed E-state index contributed by atoms with van der Waals surface area (Å²) in [6.45, 7) is 0. The number of benzene rings is 1. The third kappa shape index (κ3) is 3.80. The van der Waals surface area contributed by atoms with Gasteiger partial charge in [0.1, 0.15) is 0 Å². The number of urea groups is 1. The number of hydrogen-bond donors (Lipinski definition) is 2. The van der Waals surface area contributed by atoms with E-state index in [1.54, 1.807) is 5.18 Å². The lowest BCUT2D eigenvalue weighted by Gasteiger charge is -2.21. The lowest BCUT2D eigenvalue weighted by atomic mass is 9.89. The molecular formula is C11H13ClN2O3. The second-order valence-electron chi connectivity index (χ2n) is 3.65. The van der Waals surface area contributed by atoms with Crippen LogP contribution in [-0.4, -0.2) is 11.1 Å². The number of primary amides is 1. The van der Waals surface area contributed by atoms with E-state index in [-0.39, 0.29) is 6.10 Å². The highest BCUT2D eigenvalue weighted by Gasteiger charge is 2.19. The van der Waals surface area contributed by atoms with Crippen molar-refractivity contribution in [1.82, 2.24) is 0 Å². The molecule has 0 aliphatic heterocycles. The zero-order chi connectivity index (χ0) is 12.8. The highest BCUT2D eigenvalue weighted by molar-refractivity contribution is 6.31. The van der Waals surface area contributed by atoms with Crippen LogP contribution in [0.1, 0.15) is 30.1 Å². The first-order valence-corrected chi connectivity index (χ1v) is 5.52. The molecule has 1 aromatic carbocycles. The summed E-state index contributed by atoms with van der Waals surface area (Å²) in [5.41, 5.74) is 6.33. The fourth-order valence-corrected chi connectivity index (χ4v) is 2.12. The third-order valence-corrected chi connectivity index (χ3v) is 2.82. The fraction of sp³-hybridized carbons (Fsp3) is 0.364. The van der Waals surface area contributed by atoms with Gasteiger partial charge in [-0.3, -0.25) is 0 Å². The van der Waals surface area contributed by atoms with E-state index in [9.17, 15) is 5.11 Å². The van der Waals surface area contributed by atoms with Crippen LogP contribution in [0.5, 0.6) is 0 Å². The van der Waals surface area contributed by atoms with Crippen LogP contribution in [0.25, 0.3) is 0 Å². The van der Waals surface area contributed by atoms with Crippen LogP contribution in [0.2, 0.25) is 5.02 Å². The number of hydrogen-bond acceptors (Lipinski definition) is 3. The summed E-state index contributed by atoms with van der Waals surface area (Å²) in [6, 6.07) is 4.66. The molecule has 0 saturated heterocycles. The van der Waals surface area contributed by atoms with Crippen molar-refractivity contribution in [3.05, 3.63) is 39.3 Å². The number of nitrogens with zero attached hydrogens (tertiary/aromatic N) is 1. The Kier molecular flexibility index (Phi) is 5.06. The Morgan fingerprint density at radius 1 is 1.53 bits per heavy atom. The van der Waals surface area contributed by atoms with E-state index in [0.29, 0.717) is 5.02 Å². The van der Waals surface area contributed by atoms with Crippen LogP contribution in [0, 0.1) is 4.91 Å². The van der Waals surface area contributed by atoms with Crippen molar-refractivity contribution in [1.29, 1.82) is 0 Å². The molecule has 17 heavy (non-hydrogen) atoms. The Morgan fingerprint density at radius 3 is 2.71 bits per heavy atom. The van der Waals surface area contributed by atoms with Crippen molar-refractivity contribution in [3.8, 4) is 0 Å². The van der Waals surface area contributed by atoms with Crippen molar-refractivity contribution in [2.45, 2.75) is 25.4 Å². The minimum Gasteiger partial charge on any atom is -0.388 e. The normalized spacial score (nSPS) is 17.4. The first-order valence-electron chi connectivity index (χ1n) is 5.14. The molecule has 0 radical (unpaired) electrons. The molecule has 5 nitrogen and oxygen atoms in total. The molecule has 0 saturated carbocycles. The second kappa shape index (κ2) is 6.32. The highest BCUT2D eigenvalue weighted by atomic mass is 35.5. The third-order valence-electron chi connectivity index (χ3n) is 2.49. The first kappa shape index (κ1) is 13.6. The summed E-state index contributed by atoms with van der Waals surface area (Å²) in [5, 5.41) is 12.1. The maximum absolute atomic E-state index is 9.66. The molecule has 1 aliphatic rings. The van der Waals surface area contributed by atoms with Crippen molar-refractivity contribution in [3.63, 3.8) is 0 Å². The Morgan fingerprint density at radius 2 is 2.18 bits per heavy atom. The highest BCUT2D eigenvalue weighted by Crippen LogP contribution is 2.34. The number of aliphatic hydroxyl groups excluding tert-OH is 1. The van der Waals surface area contributed by atoms with Gasteiger partial charge in [0, 0.05) is 15.8 Å². The quantitative estimate of drug-likeness (QED) is 0.699. The largest absolute Gasteiger partial charge is 0.388 e. The molecule has 0 heterocycles. The van der Waals surface area contributed by atoms with Gasteiger partial charge in [0.05, 0.1) is 6.10 Å². The van der Waals surface area contributed by atoms with Gasteiger partial charge in [-0.05, 0) is 30.9 Å². The van der Waals surface area contributed by atoms with Crippen LogP contribution < -0.4 is 5.73 Å². The molecule has 0 aromatic heterocycles. The molecule has 0 bridgehead atoms. The molecule has 6 heteroatoms. The van der Waals surface area contributed by atoms with Gasteiger partial charge in [-0.15, -0.1) is 4.91 Å². The summed E-state index contributed by atoms with van der Waals surface area (Å²) < 4.78 is 0. The minimum atomic E-state index is -1.18. The smallest absolute Gasteiger partial charge is 0.376 e. The maximum Gasteiger partial charge on any atom is 0.376 e. The summed E-state index contributed by atoms with van der Waals surface area (Å²) in [5.74, 6) is 0. The van der Waals surface area contributed by atoms with E-state index in [2.05, 4.69) is 5.73 Å². The van der Waals surface area contributed by atoms with Gasteiger partial charge in [-0.25, -0.2) is 4.79 Å². The number of aryl methyl sites for hydroxylation is 1. The van der Waals surface area contributed by atoms with Crippen LogP contribution >= 0.6 is 11.6 Å². The molecule has 2 rings (SSSR count). The predicted molar refractivity (Wildman–Crippen MR) is 64.7 cm³/mol. The van der Waals surface area contributed by atoms with E-state index < -0.39 is 6.03 Å². The standard InChI is InChI=1S/C10H11ClO.CH2N2O2/c11-8-5-1-3-7-4-2-6-9(12)10(7)8;2-1(4)3-5/h1,3,5,9,12H,2,4,6H2;(H2,2,4). The number of carbonyl (C=O) groups is 1. The summed E-state index contributed by atoms with van der Waals surface area (Å²) >= 11 is 5.98. The summed E-state index contributed by atoms with van der Waals surface area (Å²) in [6.07, 6.45) is 2.61. The molecule has 0 spiro atoms. The Bertz CT molecular complexity index is 423. The Labute approximate surface area is 104 Å². The van der Waals surface area contributed by atoms with E-state index in [1.165, 1.54) is 5.56 Å². The number of nitrogens with two attached hydrogens (primary N) is 1. The number of halogens is 1. The Hall–Kier alpha value is -1.46. The molecule has 1 unspecified atom stereocenters. The summed E-state index contributed by atoms with van der Waals surface area (Å²) in [4.78, 5) is 17.9. The molecular weight excluding hydrogens is 244 g/mol. The molecule has 1 aromatic rings. The van der Waals surface area contributed by atoms with Crippen molar-refractivity contribution in [2.75, 3.05) is 0 Å². The van der Waals surface area contributed by atoms with E-state index in [4.69, 9.17) is 21.3 Å². The fourth-order valence-electron chi connectivity index (χ4n) is 1.80. The lowest BCUT2D eigenvalue weighted by molar-refractivity contribution is 0.156. The first-order chi connectivity index (χ1) is 8.06. The maximum atomic E-state index is 9.66. The van der Waals surface area contributed by atoms with Gasteiger partial charge < -0.3 is 10.8 Å². The molecule has 92 valence electrons. The number of fused-ring (bicyclic) bond motifs is 1. The van der Waals surface area contributed by atoms with E-state index in [1.807, 2.05) is 18.2 Å². The molecule has 1 aliphatic carbocycles. The monoisotopic (exact) mass is 256 g/mol. The van der Waals surface area contributed by atoms with Crippen molar-refractivity contribution >= 4 is 17.6 Å². The van der Waals surface area contributed by atoms with E-state index >= 15 is 0 Å². The number of nitroso groups, excluding NO2 is 1. The van der Waals surface area contributed by atoms with Gasteiger partial charge >= 0.3 is 6.03 Å². The number of rotatable bonds is 0. The van der Waals surface area contributed by atoms with E-state index in [0.717, 1.165) is 24.8 Å². The number of aliphatic hydroxyl groups is 1. The topological polar surface area (TPSA) is 92.8 Å². The van der Waals surface area contributed by atoms with Gasteiger partial charge in [-0.2, -0.15) is 0 Å². The molecule has 1 atom stereocenters. The minimum absolute atomic E-state index is 0.345. The van der Waals surface area contributed by atoms with Gasteiger partial charge in [0.15, 0.2) is 0 Å². The number of carbonyl (C=O) groups excluding carboxylic acids is 1. The second-order valence-corrected chi connectivity index (χ2v) is 4.06. The number of amides is 2. The van der Waals surface area contributed by atoms with Gasteiger partial charge in [0.2, 0.25) is 0 Å². The average Bonchev–Trinajstić information content (AvgIpc) is 2.30. The van der Waals surface area contributed by atoms with Gasteiger partial charge in [0.25, 0.3) is 0 Å². The lowest BCUT2D eigenvalue weighted by Crippen LogP contribution is -2.09. The Balaban J connectivity index is 0.000000249. The van der Waals surface area contributed by atoms with Crippen molar-refractivity contribution in [2.24, 2.45) is 10.9 Å². The van der Waals surface area contributed by atoms with Gasteiger partial charge in [-0.1, -0.05) is 23.7 Å². The zero-order valence-electron chi connectivity index (χ0n) is 9.10. The predicted octanol–water partition coefficient (Wildman–Crippen LogP) is 2.54. The van der Waals surface area contributed by atoms with Crippen LogP contribution in [0.15, 0.2) is 23.4 Å². The van der Waals surface area contributed by atoms with Crippen molar-refractivity contribution < 1.29 is 9.90 Å². The molecule has 0 fully saturated rings. The SMILES string of the molecule is NC(=O)N=O.OC1CCCc2cccc(Cl)c21. The van der Waals surface area contributed by atoms with Crippen LogP contribution in [-0.2, 0) is 6.42 Å². The molecule has 3 N–H and O–H groups in total. The summed E-state index contributed by atoms with van der Waals surface area (Å²) in [7, 11) is 0. The van der Waals surface area contributed by atoms with Crippen LogP contribution in [0.3, 0.4) is 0 Å².